The predicted molar refractivity (Wildman–Crippen MR) is 77.3 cm³/mol. The molecule has 2 heterocycles. The summed E-state index contributed by atoms with van der Waals surface area (Å²) in [5.41, 5.74) is 2.47. The van der Waals surface area contributed by atoms with Gasteiger partial charge >= 0.3 is 0 Å². The molecule has 0 saturated carbocycles. The SMILES string of the molecule is OC(CNC1CCCc2sccc21)c1ccsc1. The number of aliphatic hydroxyl groups excluding tert-OH is 1. The lowest BCUT2D eigenvalue weighted by atomic mass is 9.94. The Balaban J connectivity index is 1.62. The number of thiophene rings is 2. The zero-order valence-electron chi connectivity index (χ0n) is 10.1. The molecule has 18 heavy (non-hydrogen) atoms. The van der Waals surface area contributed by atoms with E-state index in [0.29, 0.717) is 12.6 Å². The van der Waals surface area contributed by atoms with Crippen molar-refractivity contribution < 1.29 is 5.11 Å². The van der Waals surface area contributed by atoms with E-state index in [9.17, 15) is 5.11 Å². The Bertz CT molecular complexity index is 492. The second-order valence-corrected chi connectivity index (χ2v) is 6.51. The van der Waals surface area contributed by atoms with E-state index in [1.54, 1.807) is 11.3 Å². The third-order valence-electron chi connectivity index (χ3n) is 3.54. The monoisotopic (exact) mass is 279 g/mol. The Morgan fingerprint density at radius 1 is 1.39 bits per heavy atom. The molecule has 4 heteroatoms. The van der Waals surface area contributed by atoms with Crippen molar-refractivity contribution >= 4 is 22.7 Å². The molecule has 2 unspecified atom stereocenters. The summed E-state index contributed by atoms with van der Waals surface area (Å²) in [4.78, 5) is 1.52. The number of fused-ring (bicyclic) bond motifs is 1. The maximum absolute atomic E-state index is 10.1. The van der Waals surface area contributed by atoms with Crippen LogP contribution in [0.15, 0.2) is 28.3 Å². The second-order valence-electron chi connectivity index (χ2n) is 4.72. The minimum Gasteiger partial charge on any atom is -0.387 e. The maximum atomic E-state index is 10.1. The average Bonchev–Trinajstić information content (AvgIpc) is 3.05. The van der Waals surface area contributed by atoms with Crippen LogP contribution in [0.2, 0.25) is 0 Å². The van der Waals surface area contributed by atoms with Gasteiger partial charge in [0.15, 0.2) is 0 Å². The molecule has 2 aromatic heterocycles. The molecular weight excluding hydrogens is 262 g/mol. The number of hydrogen-bond donors (Lipinski definition) is 2. The van der Waals surface area contributed by atoms with Crippen LogP contribution in [0.4, 0.5) is 0 Å². The molecule has 0 bridgehead atoms. The van der Waals surface area contributed by atoms with E-state index in [1.807, 2.05) is 28.2 Å². The van der Waals surface area contributed by atoms with Crippen molar-refractivity contribution in [1.82, 2.24) is 5.32 Å². The first kappa shape index (κ1) is 12.4. The summed E-state index contributed by atoms with van der Waals surface area (Å²) in [6.07, 6.45) is 3.26. The third-order valence-corrected chi connectivity index (χ3v) is 5.24. The van der Waals surface area contributed by atoms with Gasteiger partial charge in [-0.25, -0.2) is 0 Å². The van der Waals surface area contributed by atoms with E-state index in [0.717, 1.165) is 5.56 Å². The van der Waals surface area contributed by atoms with Gasteiger partial charge in [-0.1, -0.05) is 0 Å². The van der Waals surface area contributed by atoms with E-state index in [1.165, 1.54) is 29.7 Å². The summed E-state index contributed by atoms with van der Waals surface area (Å²) in [6.45, 7) is 0.636. The third kappa shape index (κ3) is 2.52. The highest BCUT2D eigenvalue weighted by Gasteiger charge is 2.21. The molecule has 0 saturated heterocycles. The summed E-state index contributed by atoms with van der Waals surface area (Å²) < 4.78 is 0. The lowest BCUT2D eigenvalue weighted by molar-refractivity contribution is 0.168. The van der Waals surface area contributed by atoms with Crippen LogP contribution in [0.25, 0.3) is 0 Å². The van der Waals surface area contributed by atoms with E-state index in [2.05, 4.69) is 16.8 Å². The Morgan fingerprint density at radius 2 is 2.33 bits per heavy atom. The number of nitrogens with one attached hydrogen (secondary N) is 1. The summed E-state index contributed by atoms with van der Waals surface area (Å²) in [7, 11) is 0. The van der Waals surface area contributed by atoms with Crippen LogP contribution in [-0.2, 0) is 6.42 Å². The normalized spacial score (nSPS) is 20.6. The molecule has 0 aliphatic heterocycles. The van der Waals surface area contributed by atoms with Crippen molar-refractivity contribution in [2.75, 3.05) is 6.54 Å². The van der Waals surface area contributed by atoms with Gasteiger partial charge in [0.2, 0.25) is 0 Å². The quantitative estimate of drug-likeness (QED) is 0.897. The fourth-order valence-electron chi connectivity index (χ4n) is 2.53. The second kappa shape index (κ2) is 5.53. The number of aryl methyl sites for hydroxylation is 1. The van der Waals surface area contributed by atoms with Gasteiger partial charge < -0.3 is 10.4 Å². The minimum absolute atomic E-state index is 0.389. The first-order valence-corrected chi connectivity index (χ1v) is 8.16. The van der Waals surface area contributed by atoms with Gasteiger partial charge in [0.1, 0.15) is 0 Å². The lowest BCUT2D eigenvalue weighted by Gasteiger charge is -2.25. The molecule has 2 aromatic rings. The van der Waals surface area contributed by atoms with Gasteiger partial charge in [-0.3, -0.25) is 0 Å². The van der Waals surface area contributed by atoms with Crippen molar-refractivity contribution in [3.8, 4) is 0 Å². The van der Waals surface area contributed by atoms with Crippen LogP contribution in [0.3, 0.4) is 0 Å². The summed E-state index contributed by atoms with van der Waals surface area (Å²) in [6, 6.07) is 4.65. The van der Waals surface area contributed by atoms with E-state index in [4.69, 9.17) is 0 Å². The van der Waals surface area contributed by atoms with Crippen LogP contribution in [-0.4, -0.2) is 11.7 Å². The molecule has 2 nitrogen and oxygen atoms in total. The molecule has 0 spiro atoms. The molecule has 2 atom stereocenters. The van der Waals surface area contributed by atoms with Crippen LogP contribution < -0.4 is 5.32 Å². The Labute approximate surface area is 115 Å². The fraction of sp³-hybridized carbons (Fsp3) is 0.429. The largest absolute Gasteiger partial charge is 0.387 e. The zero-order valence-corrected chi connectivity index (χ0v) is 11.8. The first-order valence-electron chi connectivity index (χ1n) is 6.34. The Morgan fingerprint density at radius 3 is 3.17 bits per heavy atom. The van der Waals surface area contributed by atoms with Gasteiger partial charge in [-0.2, -0.15) is 11.3 Å². The van der Waals surface area contributed by atoms with Gasteiger partial charge in [-0.15, -0.1) is 11.3 Å². The van der Waals surface area contributed by atoms with Gasteiger partial charge in [0.05, 0.1) is 6.10 Å². The highest BCUT2D eigenvalue weighted by atomic mass is 32.1. The minimum atomic E-state index is -0.389. The van der Waals surface area contributed by atoms with E-state index < -0.39 is 0 Å². The molecule has 3 rings (SSSR count). The Hall–Kier alpha value is -0.680. The summed E-state index contributed by atoms with van der Waals surface area (Å²) in [5.74, 6) is 0. The molecule has 1 aliphatic carbocycles. The molecule has 0 fully saturated rings. The van der Waals surface area contributed by atoms with Gasteiger partial charge in [0, 0.05) is 17.5 Å². The molecule has 1 aliphatic rings. The first-order chi connectivity index (χ1) is 8.84. The van der Waals surface area contributed by atoms with Gasteiger partial charge in [0.25, 0.3) is 0 Å². The van der Waals surface area contributed by atoms with Crippen molar-refractivity contribution in [3.05, 3.63) is 44.3 Å². The van der Waals surface area contributed by atoms with Crippen molar-refractivity contribution in [3.63, 3.8) is 0 Å². The van der Waals surface area contributed by atoms with Crippen LogP contribution in [0.5, 0.6) is 0 Å². The predicted octanol–water partition coefficient (Wildman–Crippen LogP) is 3.51. The maximum Gasteiger partial charge on any atom is 0.0922 e. The van der Waals surface area contributed by atoms with E-state index >= 15 is 0 Å². The van der Waals surface area contributed by atoms with Crippen molar-refractivity contribution in [2.24, 2.45) is 0 Å². The average molecular weight is 279 g/mol. The fourth-order valence-corrected chi connectivity index (χ4v) is 4.23. The van der Waals surface area contributed by atoms with Crippen molar-refractivity contribution in [1.29, 1.82) is 0 Å². The van der Waals surface area contributed by atoms with E-state index in [-0.39, 0.29) is 6.10 Å². The number of aliphatic hydroxyl groups is 1. The highest BCUT2D eigenvalue weighted by molar-refractivity contribution is 7.10. The Kier molecular flexibility index (Phi) is 3.80. The van der Waals surface area contributed by atoms with Crippen LogP contribution >= 0.6 is 22.7 Å². The lowest BCUT2D eigenvalue weighted by Crippen LogP contribution is -2.28. The molecular formula is C14H17NOS2. The molecule has 0 aromatic carbocycles. The zero-order chi connectivity index (χ0) is 12.4. The summed E-state index contributed by atoms with van der Waals surface area (Å²) in [5, 5.41) is 19.8. The standard InChI is InChI=1S/C14H17NOS2/c16-13(10-4-6-17-9-10)8-15-12-2-1-3-14-11(12)5-7-18-14/h4-7,9,12-13,15-16H,1-3,8H2. The smallest absolute Gasteiger partial charge is 0.0922 e. The molecule has 0 amide bonds. The molecule has 96 valence electrons. The molecule has 0 radical (unpaired) electrons. The molecule has 2 N–H and O–H groups in total. The highest BCUT2D eigenvalue weighted by Crippen LogP contribution is 2.33. The number of rotatable bonds is 4. The number of hydrogen-bond acceptors (Lipinski definition) is 4. The van der Waals surface area contributed by atoms with Crippen LogP contribution in [0, 0.1) is 0 Å². The van der Waals surface area contributed by atoms with Crippen molar-refractivity contribution in [2.45, 2.75) is 31.4 Å². The summed E-state index contributed by atoms with van der Waals surface area (Å²) >= 11 is 3.49. The van der Waals surface area contributed by atoms with Gasteiger partial charge in [-0.05, 0) is 58.7 Å². The topological polar surface area (TPSA) is 32.3 Å². The van der Waals surface area contributed by atoms with Crippen LogP contribution in [0.1, 0.15) is 41.0 Å².